The van der Waals surface area contributed by atoms with E-state index in [1.807, 2.05) is 25.8 Å². The lowest BCUT2D eigenvalue weighted by molar-refractivity contribution is 0.0831. The summed E-state index contributed by atoms with van der Waals surface area (Å²) in [5.74, 6) is 0.883. The third-order valence-electron chi connectivity index (χ3n) is 7.44. The number of hydrogen-bond donors (Lipinski definition) is 2. The smallest absolute Gasteiger partial charge is 0.284 e. The summed E-state index contributed by atoms with van der Waals surface area (Å²) in [4.78, 5) is 16.8. The van der Waals surface area contributed by atoms with Gasteiger partial charge in [0.2, 0.25) is 5.78 Å². The average Bonchev–Trinajstić information content (AvgIpc) is 3.36. The molecule has 3 heterocycles. The first-order valence-corrected chi connectivity index (χ1v) is 15.0. The Morgan fingerprint density at radius 1 is 1.35 bits per heavy atom. The van der Waals surface area contributed by atoms with E-state index in [4.69, 9.17) is 10.5 Å². The molecule has 0 spiro atoms. The van der Waals surface area contributed by atoms with E-state index >= 15 is 0 Å². The van der Waals surface area contributed by atoms with Crippen molar-refractivity contribution in [2.75, 3.05) is 13.1 Å². The lowest BCUT2D eigenvalue weighted by Gasteiger charge is -2.35. The minimum atomic E-state index is -3.92. The Balaban J connectivity index is 1.43. The summed E-state index contributed by atoms with van der Waals surface area (Å²) in [7, 11) is -3.92. The highest BCUT2D eigenvalue weighted by Gasteiger charge is 2.33. The minimum absolute atomic E-state index is 0.132. The number of ether oxygens (including phenoxy) is 1. The molecule has 2 aliphatic rings. The van der Waals surface area contributed by atoms with Gasteiger partial charge in [0.1, 0.15) is 17.7 Å². The lowest BCUT2D eigenvalue weighted by Crippen LogP contribution is -2.46. The van der Waals surface area contributed by atoms with E-state index in [1.54, 1.807) is 11.6 Å². The second-order valence-electron chi connectivity index (χ2n) is 10.7. The van der Waals surface area contributed by atoms with Crippen molar-refractivity contribution in [3.63, 3.8) is 0 Å². The van der Waals surface area contributed by atoms with Crippen LogP contribution in [0.15, 0.2) is 20.9 Å². The van der Waals surface area contributed by atoms with Gasteiger partial charge in [-0.2, -0.15) is 8.42 Å². The van der Waals surface area contributed by atoms with Crippen LogP contribution < -0.4 is 15.9 Å². The molecule has 0 bridgehead atoms. The SMILES string of the molecule is Cc1c(C)c(S(=O)(=O)N=CNN2CCC[C@@H](C[C@H](N)C(=O)c3nccs3)C2)c(C)c2c1OC(C)(C)CC2. The van der Waals surface area contributed by atoms with Gasteiger partial charge in [0.05, 0.1) is 10.9 Å². The number of thiazole rings is 1. The predicted molar refractivity (Wildman–Crippen MR) is 146 cm³/mol. The van der Waals surface area contributed by atoms with Crippen LogP contribution in [-0.4, -0.2) is 55.3 Å². The number of rotatable bonds is 8. The molecule has 11 heteroatoms. The van der Waals surface area contributed by atoms with E-state index in [0.717, 1.165) is 49.1 Å². The van der Waals surface area contributed by atoms with Gasteiger partial charge in [0.25, 0.3) is 10.0 Å². The van der Waals surface area contributed by atoms with Gasteiger partial charge < -0.3 is 15.9 Å². The molecule has 0 amide bonds. The second kappa shape index (κ2) is 10.8. The van der Waals surface area contributed by atoms with Crippen molar-refractivity contribution < 1.29 is 17.9 Å². The first-order chi connectivity index (χ1) is 17.4. The van der Waals surface area contributed by atoms with Crippen LogP contribution in [0.25, 0.3) is 0 Å². The molecule has 0 saturated carbocycles. The fourth-order valence-electron chi connectivity index (χ4n) is 5.31. The van der Waals surface area contributed by atoms with Crippen molar-refractivity contribution >= 4 is 33.5 Å². The van der Waals surface area contributed by atoms with Crippen LogP contribution in [0.4, 0.5) is 0 Å². The fourth-order valence-corrected chi connectivity index (χ4v) is 7.29. The average molecular weight is 548 g/mol. The number of hydrazine groups is 1. The van der Waals surface area contributed by atoms with Crippen LogP contribution in [0.1, 0.15) is 71.6 Å². The summed E-state index contributed by atoms with van der Waals surface area (Å²) in [5.41, 5.74) is 12.1. The maximum Gasteiger partial charge on any atom is 0.284 e. The number of ketones is 1. The Labute approximate surface area is 223 Å². The Kier molecular flexibility index (Phi) is 8.08. The molecule has 37 heavy (non-hydrogen) atoms. The molecule has 0 unspecified atom stereocenters. The zero-order chi connectivity index (χ0) is 27.0. The zero-order valence-electron chi connectivity index (χ0n) is 22.2. The Bertz CT molecular complexity index is 1290. The van der Waals surface area contributed by atoms with Crippen LogP contribution in [0.3, 0.4) is 0 Å². The summed E-state index contributed by atoms with van der Waals surface area (Å²) in [6.45, 7) is 11.1. The van der Waals surface area contributed by atoms with Crippen molar-refractivity contribution in [1.82, 2.24) is 15.4 Å². The van der Waals surface area contributed by atoms with Gasteiger partial charge in [0, 0.05) is 24.7 Å². The van der Waals surface area contributed by atoms with E-state index in [9.17, 15) is 13.2 Å². The molecule has 2 aliphatic heterocycles. The molecule has 0 aliphatic carbocycles. The molecule has 9 nitrogen and oxygen atoms in total. The second-order valence-corrected chi connectivity index (χ2v) is 13.2. The number of fused-ring (bicyclic) bond motifs is 1. The van der Waals surface area contributed by atoms with Crippen molar-refractivity contribution in [3.8, 4) is 5.75 Å². The van der Waals surface area contributed by atoms with Gasteiger partial charge in [-0.1, -0.05) is 0 Å². The Hall–Kier alpha value is -2.34. The molecule has 2 aromatic rings. The van der Waals surface area contributed by atoms with E-state index in [0.29, 0.717) is 29.1 Å². The molecular weight excluding hydrogens is 510 g/mol. The topological polar surface area (TPSA) is 127 Å². The number of nitrogens with one attached hydrogen (secondary N) is 1. The predicted octanol–water partition coefficient (Wildman–Crippen LogP) is 3.71. The number of hydrogen-bond acceptors (Lipinski definition) is 8. The summed E-state index contributed by atoms with van der Waals surface area (Å²) in [6.07, 6.45) is 6.87. The first kappa shape index (κ1) is 27.7. The molecule has 2 atom stereocenters. The monoisotopic (exact) mass is 547 g/mol. The maximum atomic E-state index is 13.3. The minimum Gasteiger partial charge on any atom is -0.487 e. The van der Waals surface area contributed by atoms with Crippen molar-refractivity contribution in [1.29, 1.82) is 0 Å². The van der Waals surface area contributed by atoms with E-state index in [2.05, 4.69) is 28.7 Å². The van der Waals surface area contributed by atoms with Crippen LogP contribution in [-0.2, 0) is 16.4 Å². The van der Waals surface area contributed by atoms with Crippen molar-refractivity contribution in [3.05, 3.63) is 38.8 Å². The molecule has 1 aromatic heterocycles. The summed E-state index contributed by atoms with van der Waals surface area (Å²) < 4.78 is 36.8. The fraction of sp³-hybridized carbons (Fsp3) is 0.577. The number of Topliss-reactive ketones (excluding diaryl/α,β-unsaturated/α-hetero) is 1. The quantitative estimate of drug-likeness (QED) is 0.291. The molecule has 3 N–H and O–H groups in total. The van der Waals surface area contributed by atoms with Crippen LogP contribution in [0.5, 0.6) is 5.75 Å². The molecule has 1 saturated heterocycles. The standard InChI is InChI=1S/C26H37N5O4S2/c1-16-17(2)24(18(3)20-8-9-26(4,5)35-23(16)20)37(33,34)30-15-29-31-11-6-7-19(14-31)13-21(27)22(32)25-28-10-12-36-25/h10,12,15,19,21H,6-9,11,13-14,27H2,1-5H3,(H,29,30)/t19-,21-/m0/s1. The van der Waals surface area contributed by atoms with Gasteiger partial charge in [-0.15, -0.1) is 15.7 Å². The third kappa shape index (κ3) is 6.05. The highest BCUT2D eigenvalue weighted by Crippen LogP contribution is 2.42. The number of sulfonamides is 1. The lowest BCUT2D eigenvalue weighted by atomic mass is 9.88. The van der Waals surface area contributed by atoms with Gasteiger partial charge >= 0.3 is 0 Å². The molecule has 4 rings (SSSR count). The number of nitrogens with two attached hydrogens (primary N) is 1. The Morgan fingerprint density at radius 2 is 2.11 bits per heavy atom. The summed E-state index contributed by atoms with van der Waals surface area (Å²) in [6, 6.07) is -0.599. The highest BCUT2D eigenvalue weighted by atomic mass is 32.2. The van der Waals surface area contributed by atoms with Gasteiger partial charge in [-0.05, 0) is 94.9 Å². The summed E-state index contributed by atoms with van der Waals surface area (Å²) in [5, 5.41) is 4.14. The van der Waals surface area contributed by atoms with Gasteiger partial charge in [-0.25, -0.2) is 9.99 Å². The maximum absolute atomic E-state index is 13.3. The van der Waals surface area contributed by atoms with E-state index in [1.165, 1.54) is 17.7 Å². The number of aromatic nitrogens is 1. The Morgan fingerprint density at radius 3 is 2.81 bits per heavy atom. The summed E-state index contributed by atoms with van der Waals surface area (Å²) >= 11 is 1.30. The number of carbonyl (C=O) groups excluding carboxylic acids is 1. The van der Waals surface area contributed by atoms with Crippen LogP contribution >= 0.6 is 11.3 Å². The van der Waals surface area contributed by atoms with Crippen LogP contribution in [0.2, 0.25) is 0 Å². The van der Waals surface area contributed by atoms with Gasteiger partial charge in [-0.3, -0.25) is 4.79 Å². The van der Waals surface area contributed by atoms with E-state index < -0.39 is 16.1 Å². The van der Waals surface area contributed by atoms with Crippen molar-refractivity contribution in [2.24, 2.45) is 16.0 Å². The van der Waals surface area contributed by atoms with Gasteiger partial charge in [0.15, 0.2) is 5.01 Å². The molecular formula is C26H37N5O4S2. The molecule has 0 radical (unpaired) electrons. The number of nitrogens with zero attached hydrogens (tertiary/aromatic N) is 3. The number of piperidine rings is 1. The zero-order valence-corrected chi connectivity index (χ0v) is 23.8. The van der Waals surface area contributed by atoms with E-state index in [-0.39, 0.29) is 22.2 Å². The number of benzene rings is 1. The molecule has 1 aromatic carbocycles. The largest absolute Gasteiger partial charge is 0.487 e. The van der Waals surface area contributed by atoms with Crippen LogP contribution in [0, 0.1) is 26.7 Å². The van der Waals surface area contributed by atoms with Crippen molar-refractivity contribution in [2.45, 2.75) is 83.3 Å². The molecule has 202 valence electrons. The third-order valence-corrected chi connectivity index (χ3v) is 9.74. The number of carbonyl (C=O) groups is 1. The normalized spacial score (nSPS) is 20.9. The first-order valence-electron chi connectivity index (χ1n) is 12.7. The molecule has 1 fully saturated rings. The highest BCUT2D eigenvalue weighted by molar-refractivity contribution is 7.90.